The molecule has 2 aliphatic heterocycles. The Labute approximate surface area is 258 Å². The van der Waals surface area contributed by atoms with Gasteiger partial charge in [0.2, 0.25) is 0 Å². The van der Waals surface area contributed by atoms with Gasteiger partial charge in [-0.15, -0.1) is 0 Å². The molecule has 4 amide bonds. The van der Waals surface area contributed by atoms with E-state index in [1.165, 1.54) is 6.20 Å². The van der Waals surface area contributed by atoms with E-state index in [9.17, 15) is 14.4 Å². The second-order valence-corrected chi connectivity index (χ2v) is 11.2. The number of hydrogen-bond donors (Lipinski definition) is 2. The number of nitrogens with zero attached hydrogens (tertiary/aromatic N) is 4. The number of likely N-dealkylation sites (tertiary alicyclic amines) is 1. The van der Waals surface area contributed by atoms with Crippen molar-refractivity contribution < 1.29 is 19.1 Å². The number of hydrogen-bond acceptors (Lipinski definition) is 6. The van der Waals surface area contributed by atoms with Crippen molar-refractivity contribution in [2.45, 2.75) is 65.5 Å². The summed E-state index contributed by atoms with van der Waals surface area (Å²) >= 11 is 0. The summed E-state index contributed by atoms with van der Waals surface area (Å²) in [4.78, 5) is 50.4. The molecule has 2 aliphatic rings. The Kier molecular flexibility index (Phi) is 10.8. The summed E-state index contributed by atoms with van der Waals surface area (Å²) in [5.74, 6) is 4.32. The molecular weight excluding hydrogens is 556 g/mol. The molecule has 4 rings (SSSR count). The number of nitrogen functional groups attached to an aromatic ring is 1. The Morgan fingerprint density at radius 1 is 1.11 bits per heavy atom. The quantitative estimate of drug-likeness (QED) is 0.272. The van der Waals surface area contributed by atoms with Crippen LogP contribution in [-0.4, -0.2) is 71.4 Å². The molecule has 0 aromatic heterocycles. The number of carbonyl (C=O) groups excluding carboxylic acids is 3. The van der Waals surface area contributed by atoms with Gasteiger partial charge in [0.15, 0.2) is 6.10 Å². The van der Waals surface area contributed by atoms with E-state index in [1.54, 1.807) is 4.90 Å². The molecule has 1 atom stereocenters. The number of urea groups is 1. The third-order valence-electron chi connectivity index (χ3n) is 7.63. The molecule has 1 fully saturated rings. The third kappa shape index (κ3) is 8.48. The molecule has 44 heavy (non-hydrogen) atoms. The van der Waals surface area contributed by atoms with Crippen molar-refractivity contribution in [3.8, 4) is 0 Å². The number of aryl methyl sites for hydroxylation is 2. The Morgan fingerprint density at radius 3 is 2.52 bits per heavy atom. The van der Waals surface area contributed by atoms with Crippen LogP contribution < -0.4 is 11.1 Å². The van der Waals surface area contributed by atoms with Crippen molar-refractivity contribution in [1.29, 1.82) is 0 Å². The summed E-state index contributed by atoms with van der Waals surface area (Å²) in [7, 11) is 0. The first kappa shape index (κ1) is 31.8. The number of anilines is 2. The lowest BCUT2D eigenvalue weighted by molar-refractivity contribution is -0.126. The Balaban J connectivity index is 1.43. The molecule has 2 heterocycles. The van der Waals surface area contributed by atoms with Crippen molar-refractivity contribution in [2.24, 2.45) is 9.98 Å². The van der Waals surface area contributed by atoms with Gasteiger partial charge in [-0.1, -0.05) is 36.1 Å². The molecule has 0 aliphatic carbocycles. The van der Waals surface area contributed by atoms with Crippen molar-refractivity contribution in [3.63, 3.8) is 0 Å². The molecule has 10 nitrogen and oxygen atoms in total. The topological polar surface area (TPSA) is 130 Å². The van der Waals surface area contributed by atoms with Crippen LogP contribution in [0.1, 0.15) is 48.9 Å². The highest BCUT2D eigenvalue weighted by Crippen LogP contribution is 2.25. The van der Waals surface area contributed by atoms with Gasteiger partial charge in [0.05, 0.1) is 6.20 Å². The number of aliphatic imine (C=N–C) groups is 2. The lowest BCUT2D eigenvalue weighted by atomic mass is 10.00. The maximum Gasteiger partial charge on any atom is 0.410 e. The second-order valence-electron chi connectivity index (χ2n) is 11.2. The van der Waals surface area contributed by atoms with Crippen LogP contribution in [0.2, 0.25) is 0 Å². The van der Waals surface area contributed by atoms with E-state index < -0.39 is 18.1 Å². The summed E-state index contributed by atoms with van der Waals surface area (Å²) in [5, 5.41) is 3.01. The Hall–Kier alpha value is -5.09. The molecule has 2 aromatic carbocycles. The minimum atomic E-state index is -1.18. The van der Waals surface area contributed by atoms with Crippen LogP contribution >= 0.6 is 0 Å². The van der Waals surface area contributed by atoms with Crippen molar-refractivity contribution in [2.75, 3.05) is 30.7 Å². The average Bonchev–Trinajstić information content (AvgIpc) is 3.16. The fraction of sp³-hybridized carbons (Fsp3) is 0.382. The number of benzene rings is 2. The average molecular weight is 595 g/mol. The van der Waals surface area contributed by atoms with Gasteiger partial charge < -0.3 is 25.6 Å². The number of para-hydroxylation sites is 1. The lowest BCUT2D eigenvalue weighted by Crippen LogP contribution is -2.50. The van der Waals surface area contributed by atoms with Crippen molar-refractivity contribution >= 4 is 41.1 Å². The van der Waals surface area contributed by atoms with Crippen molar-refractivity contribution in [3.05, 3.63) is 81.9 Å². The molecule has 0 radical (unpaired) electrons. The van der Waals surface area contributed by atoms with Crippen LogP contribution in [0.25, 0.3) is 0 Å². The first-order chi connectivity index (χ1) is 21.1. The van der Waals surface area contributed by atoms with Gasteiger partial charge in [0, 0.05) is 55.2 Å². The number of rotatable bonds is 6. The van der Waals surface area contributed by atoms with Gasteiger partial charge in [-0.2, -0.15) is 9.98 Å². The van der Waals surface area contributed by atoms with Gasteiger partial charge in [0.25, 0.3) is 5.91 Å². The molecule has 0 bridgehead atoms. The third-order valence-corrected chi connectivity index (χ3v) is 7.63. The van der Waals surface area contributed by atoms with E-state index in [-0.39, 0.29) is 18.5 Å². The van der Waals surface area contributed by atoms with Crippen LogP contribution in [0.5, 0.6) is 0 Å². The fourth-order valence-corrected chi connectivity index (χ4v) is 5.27. The van der Waals surface area contributed by atoms with Crippen LogP contribution in [0, 0.1) is 13.8 Å². The van der Waals surface area contributed by atoms with Crippen LogP contribution in [0.4, 0.5) is 21.0 Å². The van der Waals surface area contributed by atoms with Gasteiger partial charge in [-0.25, -0.2) is 9.59 Å². The number of ether oxygens (including phenoxy) is 1. The second kappa shape index (κ2) is 14.9. The highest BCUT2D eigenvalue weighted by atomic mass is 16.6. The number of carbonyl (C=O) groups is 3. The normalized spacial score (nSPS) is 15.1. The number of allylic oxidation sites excluding steroid dienone is 1. The molecule has 2 aromatic rings. The monoisotopic (exact) mass is 594 g/mol. The molecule has 228 valence electrons. The fourth-order valence-electron chi connectivity index (χ4n) is 5.27. The molecule has 0 saturated carbocycles. The minimum Gasteiger partial charge on any atom is -0.435 e. The first-order valence-corrected chi connectivity index (χ1v) is 14.7. The summed E-state index contributed by atoms with van der Waals surface area (Å²) in [6, 6.07) is 11.4. The van der Waals surface area contributed by atoms with Gasteiger partial charge in [-0.05, 0) is 86.6 Å². The van der Waals surface area contributed by atoms with Crippen LogP contribution in [0.3, 0.4) is 0 Å². The van der Waals surface area contributed by atoms with E-state index in [0.29, 0.717) is 38.2 Å². The summed E-state index contributed by atoms with van der Waals surface area (Å²) in [6.07, 6.45) is 1.54. The smallest absolute Gasteiger partial charge is 0.410 e. The van der Waals surface area contributed by atoms with Gasteiger partial charge >= 0.3 is 12.1 Å². The van der Waals surface area contributed by atoms with Gasteiger partial charge in [-0.3, -0.25) is 4.79 Å². The van der Waals surface area contributed by atoms with Crippen LogP contribution in [-0.2, 0) is 22.4 Å². The first-order valence-electron chi connectivity index (χ1n) is 14.7. The molecule has 10 heteroatoms. The molecule has 3 N–H and O–H groups in total. The molecular formula is C34H38N6O4. The molecule has 0 unspecified atom stereocenters. The zero-order valence-electron chi connectivity index (χ0n) is 25.6. The van der Waals surface area contributed by atoms with E-state index in [0.717, 1.165) is 39.9 Å². The maximum absolute atomic E-state index is 13.3. The standard InChI is InChI=1S/C34H38N6O4/c1-23(2)10-16-36-14-7-15-37-32(41)30(22-26-20-24(3)31(35)25(4)21-26)44-34(43)39-17-12-28(13-18-39)40-19-11-27-8-5-6-9-29(27)38-33(40)42/h5-6,8-9,14,20-21,28,30H,11-13,17-19,22,35H2,1-4H3,(H,38,42)/t30-/m1/s1. The largest absolute Gasteiger partial charge is 0.435 e. The number of nitrogens with two attached hydrogens (primary N) is 1. The number of nitrogens with one attached hydrogen (secondary N) is 1. The maximum atomic E-state index is 13.3. The lowest BCUT2D eigenvalue weighted by Gasteiger charge is -2.37. The SMILES string of the molecule is CC(C)=C=C=NC=C=C=NC(=O)[C@@H](Cc1cc(C)c(N)c(C)c1)OC(=O)N1CCC(N2CCc3ccccc3NC2=O)CC1. The molecule has 0 spiro atoms. The number of fused-ring (bicyclic) bond motifs is 1. The zero-order valence-corrected chi connectivity index (χ0v) is 25.6. The zero-order chi connectivity index (χ0) is 31.6. The van der Waals surface area contributed by atoms with E-state index in [2.05, 4.69) is 38.5 Å². The number of piperidine rings is 1. The summed E-state index contributed by atoms with van der Waals surface area (Å²) in [6.45, 7) is 8.89. The number of amides is 4. The Bertz CT molecular complexity index is 1600. The van der Waals surface area contributed by atoms with Gasteiger partial charge in [0.1, 0.15) is 0 Å². The highest BCUT2D eigenvalue weighted by molar-refractivity contribution is 5.91. The van der Waals surface area contributed by atoms with Crippen molar-refractivity contribution in [1.82, 2.24) is 9.80 Å². The Morgan fingerprint density at radius 2 is 1.82 bits per heavy atom. The van der Waals surface area contributed by atoms with E-state index >= 15 is 0 Å². The predicted octanol–water partition coefficient (Wildman–Crippen LogP) is 5.14. The predicted molar refractivity (Wildman–Crippen MR) is 171 cm³/mol. The highest BCUT2D eigenvalue weighted by Gasteiger charge is 2.33. The van der Waals surface area contributed by atoms with Crippen LogP contribution in [0.15, 0.2) is 69.6 Å². The minimum absolute atomic E-state index is 0.0118. The van der Waals surface area contributed by atoms with E-state index in [1.807, 2.05) is 69.0 Å². The van der Waals surface area contributed by atoms with E-state index in [4.69, 9.17) is 10.5 Å². The summed E-state index contributed by atoms with van der Waals surface area (Å²) in [5.41, 5.74) is 17.5. The summed E-state index contributed by atoms with van der Waals surface area (Å²) < 4.78 is 5.74. The molecule has 1 saturated heterocycles.